The molecule has 1 aliphatic rings. The zero-order valence-corrected chi connectivity index (χ0v) is 7.96. The van der Waals surface area contributed by atoms with Gasteiger partial charge in [-0.1, -0.05) is 36.4 Å². The molecule has 0 nitrogen and oxygen atoms in total. The van der Waals surface area contributed by atoms with E-state index in [1.165, 1.54) is 11.1 Å². The molecule has 0 saturated carbocycles. The van der Waals surface area contributed by atoms with E-state index in [-0.39, 0.29) is 0 Å². The van der Waals surface area contributed by atoms with Gasteiger partial charge < -0.3 is 0 Å². The highest BCUT2D eigenvalue weighted by molar-refractivity contribution is 6.18. The molecule has 1 unspecified atom stereocenters. The van der Waals surface area contributed by atoms with Crippen LogP contribution in [0.2, 0.25) is 0 Å². The standard InChI is InChI=1S/C12H10Cl/c13-9-3-5-11-8-7-10-4-1-2-6-12(10)11/h1,3-8,11H,9H2. The maximum atomic E-state index is 5.59. The molecule has 1 aliphatic carbocycles. The van der Waals surface area contributed by atoms with E-state index in [0.29, 0.717) is 11.8 Å². The Morgan fingerprint density at radius 2 is 2.46 bits per heavy atom. The van der Waals surface area contributed by atoms with Crippen LogP contribution in [0.5, 0.6) is 0 Å². The van der Waals surface area contributed by atoms with E-state index in [1.807, 2.05) is 18.2 Å². The van der Waals surface area contributed by atoms with Crippen LogP contribution in [0.3, 0.4) is 0 Å². The fourth-order valence-electron chi connectivity index (χ4n) is 1.57. The van der Waals surface area contributed by atoms with Crippen LogP contribution in [0.4, 0.5) is 0 Å². The summed E-state index contributed by atoms with van der Waals surface area (Å²) in [5.74, 6) is 0.974. The molecule has 0 bridgehead atoms. The lowest BCUT2D eigenvalue weighted by Gasteiger charge is -2.03. The van der Waals surface area contributed by atoms with E-state index in [2.05, 4.69) is 30.4 Å². The number of alkyl halides is 1. The van der Waals surface area contributed by atoms with Crippen LogP contribution in [-0.4, -0.2) is 5.88 Å². The number of hydrogen-bond acceptors (Lipinski definition) is 0. The first kappa shape index (κ1) is 8.58. The Bertz CT molecular complexity index is 350. The van der Waals surface area contributed by atoms with Crippen LogP contribution < -0.4 is 0 Å². The lowest BCUT2D eigenvalue weighted by molar-refractivity contribution is 1.11. The Hall–Kier alpha value is -1.01. The van der Waals surface area contributed by atoms with E-state index in [1.54, 1.807) is 0 Å². The molecule has 0 heterocycles. The molecule has 0 aliphatic heterocycles. The van der Waals surface area contributed by atoms with Crippen molar-refractivity contribution in [3.05, 3.63) is 53.6 Å². The zero-order chi connectivity index (χ0) is 9.10. The molecule has 0 spiro atoms. The lowest BCUT2D eigenvalue weighted by atomic mass is 10.0. The number of hydrogen-bond donors (Lipinski definition) is 0. The van der Waals surface area contributed by atoms with Gasteiger partial charge in [-0.2, -0.15) is 0 Å². The Labute approximate surface area is 83.5 Å². The van der Waals surface area contributed by atoms with Gasteiger partial charge >= 0.3 is 0 Å². The highest BCUT2D eigenvalue weighted by atomic mass is 35.5. The smallest absolute Gasteiger partial charge is 0.0404 e. The van der Waals surface area contributed by atoms with Gasteiger partial charge in [0.15, 0.2) is 0 Å². The normalized spacial score (nSPS) is 19.6. The van der Waals surface area contributed by atoms with Gasteiger partial charge in [-0.05, 0) is 23.3 Å². The number of rotatable bonds is 2. The predicted molar refractivity (Wildman–Crippen MR) is 56.9 cm³/mol. The molecule has 1 heteroatoms. The van der Waals surface area contributed by atoms with Crippen molar-refractivity contribution in [2.24, 2.45) is 0 Å². The van der Waals surface area contributed by atoms with E-state index in [4.69, 9.17) is 11.6 Å². The minimum absolute atomic E-state index is 0.395. The van der Waals surface area contributed by atoms with Gasteiger partial charge in [0.05, 0.1) is 0 Å². The van der Waals surface area contributed by atoms with Gasteiger partial charge in [-0.15, -0.1) is 11.6 Å². The van der Waals surface area contributed by atoms with Gasteiger partial charge in [0.25, 0.3) is 0 Å². The van der Waals surface area contributed by atoms with E-state index >= 15 is 0 Å². The third kappa shape index (κ3) is 1.68. The third-order valence-corrected chi connectivity index (χ3v) is 2.38. The summed E-state index contributed by atoms with van der Waals surface area (Å²) in [4.78, 5) is 0. The van der Waals surface area contributed by atoms with Crippen molar-refractivity contribution in [3.63, 3.8) is 0 Å². The van der Waals surface area contributed by atoms with Crippen LogP contribution >= 0.6 is 11.6 Å². The number of halogens is 1. The molecular formula is C12H10Cl. The van der Waals surface area contributed by atoms with E-state index in [9.17, 15) is 0 Å². The fourth-order valence-corrected chi connectivity index (χ4v) is 1.68. The van der Waals surface area contributed by atoms with Gasteiger partial charge in [0.2, 0.25) is 0 Å². The Morgan fingerprint density at radius 1 is 1.54 bits per heavy atom. The van der Waals surface area contributed by atoms with Crippen molar-refractivity contribution in [3.8, 4) is 0 Å². The van der Waals surface area contributed by atoms with Crippen LogP contribution in [0.15, 0.2) is 36.4 Å². The molecule has 0 amide bonds. The summed E-state index contributed by atoms with van der Waals surface area (Å²) >= 11 is 5.59. The summed E-state index contributed by atoms with van der Waals surface area (Å²) in [5, 5.41) is 0. The minimum atomic E-state index is 0.395. The molecule has 0 N–H and O–H groups in total. The topological polar surface area (TPSA) is 0 Å². The van der Waals surface area contributed by atoms with Crippen molar-refractivity contribution in [1.82, 2.24) is 0 Å². The first-order valence-corrected chi connectivity index (χ1v) is 4.86. The molecule has 0 aromatic heterocycles. The van der Waals surface area contributed by atoms with Crippen molar-refractivity contribution < 1.29 is 0 Å². The SMILES string of the molecule is ClCC=CC1C=Cc2cc[c]cc21. The summed E-state index contributed by atoms with van der Waals surface area (Å²) < 4.78 is 0. The number of allylic oxidation sites excluding steroid dienone is 3. The van der Waals surface area contributed by atoms with E-state index < -0.39 is 0 Å². The number of benzene rings is 1. The largest absolute Gasteiger partial charge is 0.122 e. The van der Waals surface area contributed by atoms with Gasteiger partial charge in [0, 0.05) is 11.8 Å². The molecule has 1 aromatic carbocycles. The summed E-state index contributed by atoms with van der Waals surface area (Å²) in [6, 6.07) is 9.16. The second-order valence-corrected chi connectivity index (χ2v) is 3.33. The maximum Gasteiger partial charge on any atom is 0.0404 e. The summed E-state index contributed by atoms with van der Waals surface area (Å²) in [6.07, 6.45) is 8.44. The van der Waals surface area contributed by atoms with Crippen molar-refractivity contribution >= 4 is 17.7 Å². The van der Waals surface area contributed by atoms with Crippen LogP contribution in [0.25, 0.3) is 6.08 Å². The van der Waals surface area contributed by atoms with Gasteiger partial charge in [-0.25, -0.2) is 0 Å². The molecule has 1 radical (unpaired) electrons. The Morgan fingerprint density at radius 3 is 3.31 bits per heavy atom. The molecule has 0 saturated heterocycles. The second kappa shape index (κ2) is 3.80. The minimum Gasteiger partial charge on any atom is -0.122 e. The molecular weight excluding hydrogens is 180 g/mol. The van der Waals surface area contributed by atoms with E-state index in [0.717, 1.165) is 0 Å². The molecule has 2 rings (SSSR count). The fraction of sp³-hybridized carbons (Fsp3) is 0.167. The Kier molecular flexibility index (Phi) is 2.51. The third-order valence-electron chi connectivity index (χ3n) is 2.21. The summed E-state index contributed by atoms with van der Waals surface area (Å²) in [7, 11) is 0. The van der Waals surface area contributed by atoms with Crippen LogP contribution in [0, 0.1) is 6.07 Å². The molecule has 0 fully saturated rings. The summed E-state index contributed by atoms with van der Waals surface area (Å²) in [6.45, 7) is 0. The monoisotopic (exact) mass is 189 g/mol. The highest BCUT2D eigenvalue weighted by Gasteiger charge is 2.12. The molecule has 1 aromatic rings. The second-order valence-electron chi connectivity index (χ2n) is 3.02. The van der Waals surface area contributed by atoms with Gasteiger partial charge in [0.1, 0.15) is 0 Å². The predicted octanol–water partition coefficient (Wildman–Crippen LogP) is 3.39. The zero-order valence-electron chi connectivity index (χ0n) is 7.20. The lowest BCUT2D eigenvalue weighted by Crippen LogP contribution is -1.88. The molecule has 13 heavy (non-hydrogen) atoms. The molecule has 65 valence electrons. The molecule has 1 atom stereocenters. The van der Waals surface area contributed by atoms with Crippen molar-refractivity contribution in [2.45, 2.75) is 5.92 Å². The first-order valence-electron chi connectivity index (χ1n) is 4.32. The number of fused-ring (bicyclic) bond motifs is 1. The summed E-state index contributed by atoms with van der Waals surface area (Å²) in [5.41, 5.74) is 2.62. The van der Waals surface area contributed by atoms with Crippen molar-refractivity contribution in [2.75, 3.05) is 5.88 Å². The average molecular weight is 190 g/mol. The highest BCUT2D eigenvalue weighted by Crippen LogP contribution is 2.30. The van der Waals surface area contributed by atoms with Crippen LogP contribution in [-0.2, 0) is 0 Å². The van der Waals surface area contributed by atoms with Crippen LogP contribution in [0.1, 0.15) is 17.0 Å². The average Bonchev–Trinajstić information content (AvgIpc) is 2.58. The van der Waals surface area contributed by atoms with Gasteiger partial charge in [-0.3, -0.25) is 0 Å². The quantitative estimate of drug-likeness (QED) is 0.494. The Balaban J connectivity index is 2.28. The maximum absolute atomic E-state index is 5.59. The van der Waals surface area contributed by atoms with Crippen molar-refractivity contribution in [1.29, 1.82) is 0 Å². The first-order chi connectivity index (χ1) is 6.42.